The van der Waals surface area contributed by atoms with Crippen molar-refractivity contribution in [3.63, 3.8) is 0 Å². The number of benzene rings is 1. The Bertz CT molecular complexity index is 645. The molecule has 0 N–H and O–H groups in total. The SMILES string of the molecule is Cc1cc(-c2cnc3ccccc3n2)on1. The van der Waals surface area contributed by atoms with E-state index in [4.69, 9.17) is 4.52 Å². The minimum absolute atomic E-state index is 0.649. The van der Waals surface area contributed by atoms with Crippen LogP contribution in [0, 0.1) is 6.92 Å². The summed E-state index contributed by atoms with van der Waals surface area (Å²) in [4.78, 5) is 8.78. The standard InChI is InChI=1S/C12H9N3O/c1-8-6-12(16-15-8)11-7-13-9-4-2-3-5-10(9)14-11/h2-7H,1H3. The summed E-state index contributed by atoms with van der Waals surface area (Å²) >= 11 is 0. The first-order valence-electron chi connectivity index (χ1n) is 4.98. The second kappa shape index (κ2) is 3.41. The second-order valence-electron chi connectivity index (χ2n) is 3.58. The van der Waals surface area contributed by atoms with Crippen molar-refractivity contribution in [1.29, 1.82) is 0 Å². The number of nitrogens with zero attached hydrogens (tertiary/aromatic N) is 3. The number of aromatic nitrogens is 3. The average molecular weight is 211 g/mol. The predicted octanol–water partition coefficient (Wildman–Crippen LogP) is 2.59. The lowest BCUT2D eigenvalue weighted by Crippen LogP contribution is -1.86. The van der Waals surface area contributed by atoms with E-state index < -0.39 is 0 Å². The van der Waals surface area contributed by atoms with Gasteiger partial charge in [0.25, 0.3) is 0 Å². The van der Waals surface area contributed by atoms with E-state index in [2.05, 4.69) is 15.1 Å². The summed E-state index contributed by atoms with van der Waals surface area (Å²) in [7, 11) is 0. The zero-order valence-electron chi connectivity index (χ0n) is 8.71. The van der Waals surface area contributed by atoms with E-state index in [0.717, 1.165) is 16.7 Å². The van der Waals surface area contributed by atoms with Crippen molar-refractivity contribution in [1.82, 2.24) is 15.1 Å². The van der Waals surface area contributed by atoms with Crippen molar-refractivity contribution in [2.75, 3.05) is 0 Å². The third-order valence-electron chi connectivity index (χ3n) is 2.33. The number of rotatable bonds is 1. The monoisotopic (exact) mass is 211 g/mol. The largest absolute Gasteiger partial charge is 0.354 e. The van der Waals surface area contributed by atoms with Gasteiger partial charge in [-0.05, 0) is 19.1 Å². The highest BCUT2D eigenvalue weighted by molar-refractivity contribution is 5.76. The lowest BCUT2D eigenvalue weighted by Gasteiger charge is -1.97. The quantitative estimate of drug-likeness (QED) is 0.620. The first kappa shape index (κ1) is 9.03. The van der Waals surface area contributed by atoms with Gasteiger partial charge in [-0.25, -0.2) is 4.98 Å². The van der Waals surface area contributed by atoms with Crippen LogP contribution in [0.4, 0.5) is 0 Å². The summed E-state index contributed by atoms with van der Waals surface area (Å²) in [6, 6.07) is 9.58. The second-order valence-corrected chi connectivity index (χ2v) is 3.58. The van der Waals surface area contributed by atoms with Gasteiger partial charge in [-0.2, -0.15) is 0 Å². The number of hydrogen-bond acceptors (Lipinski definition) is 4. The van der Waals surface area contributed by atoms with Gasteiger partial charge in [0, 0.05) is 6.07 Å². The van der Waals surface area contributed by atoms with Crippen molar-refractivity contribution in [3.05, 3.63) is 42.2 Å². The number of hydrogen-bond donors (Lipinski definition) is 0. The van der Waals surface area contributed by atoms with Crippen LogP contribution in [0.15, 0.2) is 41.1 Å². The minimum Gasteiger partial charge on any atom is -0.354 e. The molecule has 78 valence electrons. The van der Waals surface area contributed by atoms with Gasteiger partial charge < -0.3 is 4.52 Å². The molecule has 0 saturated carbocycles. The highest BCUT2D eigenvalue weighted by atomic mass is 16.5. The maximum absolute atomic E-state index is 5.15. The van der Waals surface area contributed by atoms with Gasteiger partial charge in [-0.15, -0.1) is 0 Å². The van der Waals surface area contributed by atoms with Crippen molar-refractivity contribution in [2.24, 2.45) is 0 Å². The van der Waals surface area contributed by atoms with E-state index in [1.807, 2.05) is 37.3 Å². The molecule has 0 aliphatic heterocycles. The molecule has 0 amide bonds. The lowest BCUT2D eigenvalue weighted by molar-refractivity contribution is 0.426. The summed E-state index contributed by atoms with van der Waals surface area (Å²) < 4.78 is 5.15. The summed E-state index contributed by atoms with van der Waals surface area (Å²) in [6.45, 7) is 1.88. The van der Waals surface area contributed by atoms with Crippen LogP contribution in [-0.2, 0) is 0 Å². The summed E-state index contributed by atoms with van der Waals surface area (Å²) in [5, 5.41) is 3.83. The van der Waals surface area contributed by atoms with E-state index in [1.54, 1.807) is 6.20 Å². The molecule has 2 heterocycles. The van der Waals surface area contributed by atoms with E-state index in [9.17, 15) is 0 Å². The van der Waals surface area contributed by atoms with Crippen LogP contribution in [0.3, 0.4) is 0 Å². The molecule has 3 rings (SSSR count). The fourth-order valence-corrected chi connectivity index (χ4v) is 1.56. The Morgan fingerprint density at radius 1 is 1.12 bits per heavy atom. The van der Waals surface area contributed by atoms with Crippen LogP contribution < -0.4 is 0 Å². The Balaban J connectivity index is 2.18. The van der Waals surface area contributed by atoms with Crippen LogP contribution >= 0.6 is 0 Å². The molecule has 0 aliphatic rings. The highest BCUT2D eigenvalue weighted by Crippen LogP contribution is 2.19. The van der Waals surface area contributed by atoms with Crippen molar-refractivity contribution in [2.45, 2.75) is 6.92 Å². The Labute approximate surface area is 91.9 Å². The predicted molar refractivity (Wildman–Crippen MR) is 59.8 cm³/mol. The zero-order chi connectivity index (χ0) is 11.0. The first-order valence-corrected chi connectivity index (χ1v) is 4.98. The smallest absolute Gasteiger partial charge is 0.187 e. The molecule has 16 heavy (non-hydrogen) atoms. The Hall–Kier alpha value is -2.23. The number of fused-ring (bicyclic) bond motifs is 1. The molecule has 0 atom stereocenters. The normalized spacial score (nSPS) is 10.8. The molecule has 4 heteroatoms. The fourth-order valence-electron chi connectivity index (χ4n) is 1.56. The van der Waals surface area contributed by atoms with Gasteiger partial charge in [0.2, 0.25) is 0 Å². The van der Waals surface area contributed by atoms with Gasteiger partial charge in [0.15, 0.2) is 5.76 Å². The number of aryl methyl sites for hydroxylation is 1. The zero-order valence-corrected chi connectivity index (χ0v) is 8.71. The maximum Gasteiger partial charge on any atom is 0.187 e. The Kier molecular flexibility index (Phi) is 1.93. The van der Waals surface area contributed by atoms with Crippen LogP contribution in [0.25, 0.3) is 22.5 Å². The van der Waals surface area contributed by atoms with Crippen molar-refractivity contribution in [3.8, 4) is 11.5 Å². The molecule has 1 aromatic carbocycles. The molecule has 0 bridgehead atoms. The fraction of sp³-hybridized carbons (Fsp3) is 0.0833. The Morgan fingerprint density at radius 3 is 2.69 bits per heavy atom. The van der Waals surface area contributed by atoms with E-state index in [1.165, 1.54) is 0 Å². The minimum atomic E-state index is 0.649. The molecule has 0 spiro atoms. The molecule has 3 aromatic rings. The Morgan fingerprint density at radius 2 is 1.94 bits per heavy atom. The first-order chi connectivity index (χ1) is 7.83. The van der Waals surface area contributed by atoms with Crippen LogP contribution in [0.2, 0.25) is 0 Å². The van der Waals surface area contributed by atoms with E-state index in [0.29, 0.717) is 11.5 Å². The molecule has 0 saturated heterocycles. The highest BCUT2D eigenvalue weighted by Gasteiger charge is 2.07. The molecule has 2 aromatic heterocycles. The van der Waals surface area contributed by atoms with Crippen LogP contribution in [0.5, 0.6) is 0 Å². The van der Waals surface area contributed by atoms with Gasteiger partial charge in [0.1, 0.15) is 5.69 Å². The van der Waals surface area contributed by atoms with Crippen molar-refractivity contribution >= 4 is 11.0 Å². The topological polar surface area (TPSA) is 51.8 Å². The average Bonchev–Trinajstić information content (AvgIpc) is 2.75. The molecule has 0 aliphatic carbocycles. The van der Waals surface area contributed by atoms with Crippen molar-refractivity contribution < 1.29 is 4.52 Å². The summed E-state index contributed by atoms with van der Waals surface area (Å²) in [5.74, 6) is 0.649. The molecule has 0 fully saturated rings. The molecule has 0 unspecified atom stereocenters. The third-order valence-corrected chi connectivity index (χ3v) is 2.33. The van der Waals surface area contributed by atoms with E-state index >= 15 is 0 Å². The molecule has 0 radical (unpaired) electrons. The summed E-state index contributed by atoms with van der Waals surface area (Å²) in [5.41, 5.74) is 3.28. The van der Waals surface area contributed by atoms with Gasteiger partial charge in [-0.1, -0.05) is 17.3 Å². The van der Waals surface area contributed by atoms with E-state index in [-0.39, 0.29) is 0 Å². The van der Waals surface area contributed by atoms with Gasteiger partial charge >= 0.3 is 0 Å². The van der Waals surface area contributed by atoms with Crippen LogP contribution in [0.1, 0.15) is 5.69 Å². The van der Waals surface area contributed by atoms with Crippen LogP contribution in [-0.4, -0.2) is 15.1 Å². The van der Waals surface area contributed by atoms with Gasteiger partial charge in [-0.3, -0.25) is 4.98 Å². The summed E-state index contributed by atoms with van der Waals surface area (Å²) in [6.07, 6.45) is 1.70. The lowest BCUT2D eigenvalue weighted by atomic mass is 10.2. The molecule has 4 nitrogen and oxygen atoms in total. The molecular formula is C12H9N3O. The third kappa shape index (κ3) is 1.44. The maximum atomic E-state index is 5.15. The van der Waals surface area contributed by atoms with Gasteiger partial charge in [0.05, 0.1) is 22.9 Å². The molecular weight excluding hydrogens is 202 g/mol. The number of para-hydroxylation sites is 2.